The summed E-state index contributed by atoms with van der Waals surface area (Å²) in [5.41, 5.74) is 10.6. The number of hydrogen-bond acceptors (Lipinski definition) is 9. The van der Waals surface area contributed by atoms with Crippen LogP contribution in [0, 0.1) is 0 Å². The summed E-state index contributed by atoms with van der Waals surface area (Å²) in [7, 11) is 3.57. The molecule has 0 bridgehead atoms. The lowest BCUT2D eigenvalue weighted by molar-refractivity contribution is 0.0607. The molecule has 9 heteroatoms. The van der Waals surface area contributed by atoms with Crippen LogP contribution in [0.3, 0.4) is 0 Å². The largest absolute Gasteiger partial charge is 0.465 e. The molecular weight excluding hydrogens is 460 g/mol. The lowest BCUT2D eigenvalue weighted by Gasteiger charge is -2.32. The van der Waals surface area contributed by atoms with Gasteiger partial charge in [-0.05, 0) is 37.2 Å². The van der Waals surface area contributed by atoms with Gasteiger partial charge >= 0.3 is 5.97 Å². The van der Waals surface area contributed by atoms with E-state index < -0.39 is 5.97 Å². The van der Waals surface area contributed by atoms with E-state index in [-0.39, 0.29) is 0 Å². The van der Waals surface area contributed by atoms with Crippen molar-refractivity contribution in [3.63, 3.8) is 0 Å². The Bertz CT molecular complexity index is 1170. The molecule has 2 aromatic heterocycles. The fourth-order valence-corrected chi connectivity index (χ4v) is 6.03. The third-order valence-electron chi connectivity index (χ3n) is 7.12. The number of likely N-dealkylation sites (N-methyl/N-ethyl adjacent to an activating group) is 1. The first-order valence-electron chi connectivity index (χ1n) is 12.3. The SMILES string of the molecule is COC(=O)c1sc2nccc(N3CCCN(c4ccc(CN5CCN(C)CC5)cc4)CC3)c2c1N. The van der Waals surface area contributed by atoms with E-state index in [2.05, 4.69) is 55.9 Å². The molecule has 2 aliphatic rings. The number of anilines is 3. The molecule has 1 aromatic carbocycles. The average Bonchev–Trinajstić information content (AvgIpc) is 3.05. The number of methoxy groups -OCH3 is 1. The molecular formula is C26H34N6O2S. The van der Waals surface area contributed by atoms with Crippen LogP contribution in [0.15, 0.2) is 36.5 Å². The Balaban J connectivity index is 1.27. The van der Waals surface area contributed by atoms with Gasteiger partial charge in [0.15, 0.2) is 0 Å². The second-order valence-corrected chi connectivity index (χ2v) is 10.4. The van der Waals surface area contributed by atoms with E-state index in [0.717, 1.165) is 81.2 Å². The van der Waals surface area contributed by atoms with Crippen LogP contribution in [0.1, 0.15) is 21.7 Å². The zero-order valence-corrected chi connectivity index (χ0v) is 21.4. The van der Waals surface area contributed by atoms with Crippen LogP contribution in [0.5, 0.6) is 0 Å². The number of pyridine rings is 1. The predicted octanol–water partition coefficient (Wildman–Crippen LogP) is 3.13. The van der Waals surface area contributed by atoms with Crippen LogP contribution in [0.4, 0.5) is 17.1 Å². The van der Waals surface area contributed by atoms with Crippen molar-refractivity contribution in [3.05, 3.63) is 47.0 Å². The Morgan fingerprint density at radius 2 is 1.71 bits per heavy atom. The predicted molar refractivity (Wildman–Crippen MR) is 144 cm³/mol. The van der Waals surface area contributed by atoms with Crippen molar-refractivity contribution in [3.8, 4) is 0 Å². The van der Waals surface area contributed by atoms with Crippen LogP contribution in [-0.2, 0) is 11.3 Å². The van der Waals surface area contributed by atoms with Gasteiger partial charge in [-0.3, -0.25) is 4.90 Å². The minimum atomic E-state index is -0.408. The van der Waals surface area contributed by atoms with Crippen LogP contribution in [0.25, 0.3) is 10.2 Å². The maximum Gasteiger partial charge on any atom is 0.350 e. The topological polar surface area (TPSA) is 78.2 Å². The van der Waals surface area contributed by atoms with Crippen molar-refractivity contribution < 1.29 is 9.53 Å². The highest BCUT2D eigenvalue weighted by Gasteiger charge is 2.24. The number of fused-ring (bicyclic) bond motifs is 1. The number of aromatic nitrogens is 1. The summed E-state index contributed by atoms with van der Waals surface area (Å²) in [6, 6.07) is 11.1. The Labute approximate surface area is 210 Å². The van der Waals surface area contributed by atoms with Crippen molar-refractivity contribution >= 4 is 44.6 Å². The third kappa shape index (κ3) is 5.07. The van der Waals surface area contributed by atoms with Gasteiger partial charge in [0.25, 0.3) is 0 Å². The number of nitrogens with two attached hydrogens (primary N) is 1. The normalized spacial score (nSPS) is 18.1. The van der Waals surface area contributed by atoms with Crippen molar-refractivity contribution in [2.45, 2.75) is 13.0 Å². The van der Waals surface area contributed by atoms with Gasteiger partial charge < -0.3 is 25.2 Å². The zero-order chi connectivity index (χ0) is 24.4. The lowest BCUT2D eigenvalue weighted by atomic mass is 10.1. The van der Waals surface area contributed by atoms with Gasteiger partial charge in [0.05, 0.1) is 23.9 Å². The van der Waals surface area contributed by atoms with E-state index in [1.54, 1.807) is 6.20 Å². The van der Waals surface area contributed by atoms with Crippen molar-refractivity contribution in [2.75, 3.05) is 82.0 Å². The second kappa shape index (κ2) is 10.4. The summed E-state index contributed by atoms with van der Waals surface area (Å²) in [5, 5.41) is 0.861. The smallest absolute Gasteiger partial charge is 0.350 e. The summed E-state index contributed by atoms with van der Waals surface area (Å²) in [4.78, 5) is 27.6. The molecule has 2 saturated heterocycles. The molecule has 0 atom stereocenters. The number of esters is 1. The first-order chi connectivity index (χ1) is 17.0. The molecule has 0 spiro atoms. The average molecular weight is 495 g/mol. The number of nitrogens with zero attached hydrogens (tertiary/aromatic N) is 5. The van der Waals surface area contributed by atoms with E-state index in [4.69, 9.17) is 10.5 Å². The molecule has 0 saturated carbocycles. The maximum atomic E-state index is 12.2. The first kappa shape index (κ1) is 23.8. The minimum absolute atomic E-state index is 0.408. The number of carbonyl (C=O) groups is 1. The Morgan fingerprint density at radius 3 is 2.46 bits per heavy atom. The number of benzene rings is 1. The molecule has 8 nitrogen and oxygen atoms in total. The van der Waals surface area contributed by atoms with Gasteiger partial charge in [0.2, 0.25) is 0 Å². The molecule has 0 radical (unpaired) electrons. The van der Waals surface area contributed by atoms with Gasteiger partial charge in [-0.25, -0.2) is 9.78 Å². The van der Waals surface area contributed by atoms with E-state index >= 15 is 0 Å². The fourth-order valence-electron chi connectivity index (χ4n) is 5.03. The molecule has 5 rings (SSSR count). The number of carbonyl (C=O) groups excluding carboxylic acids is 1. The Morgan fingerprint density at radius 1 is 1.00 bits per heavy atom. The summed E-state index contributed by atoms with van der Waals surface area (Å²) in [6.07, 6.45) is 2.84. The second-order valence-electron chi connectivity index (χ2n) is 9.42. The number of thiophene rings is 1. The summed E-state index contributed by atoms with van der Waals surface area (Å²) in [6.45, 7) is 9.34. The van der Waals surface area contributed by atoms with Crippen LogP contribution >= 0.6 is 11.3 Å². The van der Waals surface area contributed by atoms with E-state index in [1.807, 2.05) is 6.07 Å². The van der Waals surface area contributed by atoms with Crippen molar-refractivity contribution in [2.24, 2.45) is 0 Å². The van der Waals surface area contributed by atoms with E-state index in [1.165, 1.54) is 29.7 Å². The molecule has 2 fully saturated rings. The van der Waals surface area contributed by atoms with Gasteiger partial charge in [-0.1, -0.05) is 12.1 Å². The molecule has 186 valence electrons. The summed E-state index contributed by atoms with van der Waals surface area (Å²) >= 11 is 1.30. The molecule has 4 heterocycles. The number of hydrogen-bond donors (Lipinski definition) is 1. The molecule has 2 aliphatic heterocycles. The highest BCUT2D eigenvalue weighted by molar-refractivity contribution is 7.21. The van der Waals surface area contributed by atoms with E-state index in [0.29, 0.717) is 10.6 Å². The van der Waals surface area contributed by atoms with Gasteiger partial charge in [-0.2, -0.15) is 0 Å². The Hall–Kier alpha value is -2.88. The zero-order valence-electron chi connectivity index (χ0n) is 20.6. The minimum Gasteiger partial charge on any atom is -0.465 e. The fraction of sp³-hybridized carbons (Fsp3) is 0.462. The van der Waals surface area contributed by atoms with Crippen molar-refractivity contribution in [1.82, 2.24) is 14.8 Å². The number of rotatable bonds is 5. The highest BCUT2D eigenvalue weighted by atomic mass is 32.1. The number of ether oxygens (including phenoxy) is 1. The maximum absolute atomic E-state index is 12.2. The molecule has 35 heavy (non-hydrogen) atoms. The third-order valence-corrected chi connectivity index (χ3v) is 8.21. The molecule has 3 aromatic rings. The van der Waals surface area contributed by atoms with E-state index in [9.17, 15) is 4.79 Å². The highest BCUT2D eigenvalue weighted by Crippen LogP contribution is 2.39. The van der Waals surface area contributed by atoms with Gasteiger partial charge in [0, 0.05) is 70.8 Å². The quantitative estimate of drug-likeness (QED) is 0.542. The van der Waals surface area contributed by atoms with Gasteiger partial charge in [0.1, 0.15) is 9.71 Å². The molecule has 0 amide bonds. The standard InChI is InChI=1S/C26H34N6O2S/c1-29-12-14-30(15-13-29)18-19-4-6-20(7-5-19)31-10-3-11-32(17-16-31)21-8-9-28-25-22(21)23(27)24(35-25)26(33)34-2/h4-9H,3,10-18,27H2,1-2H3. The van der Waals surface area contributed by atoms with Crippen LogP contribution in [-0.4, -0.2) is 87.3 Å². The summed E-state index contributed by atoms with van der Waals surface area (Å²) < 4.78 is 4.91. The molecule has 0 unspecified atom stereocenters. The van der Waals surface area contributed by atoms with Crippen LogP contribution in [0.2, 0.25) is 0 Å². The molecule has 2 N–H and O–H groups in total. The number of nitrogen functional groups attached to an aromatic ring is 1. The molecule has 0 aliphatic carbocycles. The van der Waals surface area contributed by atoms with Crippen molar-refractivity contribution in [1.29, 1.82) is 0 Å². The van der Waals surface area contributed by atoms with Crippen LogP contribution < -0.4 is 15.5 Å². The lowest BCUT2D eigenvalue weighted by Crippen LogP contribution is -2.43. The Kier molecular flexibility index (Phi) is 7.08. The van der Waals surface area contributed by atoms with Gasteiger partial charge in [-0.15, -0.1) is 11.3 Å². The first-order valence-corrected chi connectivity index (χ1v) is 13.1. The summed E-state index contributed by atoms with van der Waals surface area (Å²) in [5.74, 6) is -0.408. The monoisotopic (exact) mass is 494 g/mol. The number of piperazine rings is 1.